The molecule has 0 aliphatic heterocycles. The zero-order valence-corrected chi connectivity index (χ0v) is 10.5. The van der Waals surface area contributed by atoms with Crippen LogP contribution in [0.5, 0.6) is 0 Å². The quantitative estimate of drug-likeness (QED) is 0.923. The number of aromatic nitrogens is 2. The molecule has 0 unspecified atom stereocenters. The van der Waals surface area contributed by atoms with E-state index in [0.717, 1.165) is 23.7 Å². The molecule has 0 saturated carbocycles. The predicted octanol–water partition coefficient (Wildman–Crippen LogP) is 3.12. The van der Waals surface area contributed by atoms with Crippen molar-refractivity contribution in [1.82, 2.24) is 9.59 Å². The second kappa shape index (κ2) is 4.96. The van der Waals surface area contributed by atoms with Crippen molar-refractivity contribution in [2.75, 3.05) is 5.32 Å². The molecule has 1 aromatic carbocycles. The van der Waals surface area contributed by atoms with Crippen molar-refractivity contribution in [3.8, 4) is 0 Å². The lowest BCUT2D eigenvalue weighted by Gasteiger charge is -2.08. The number of hydrogen-bond acceptors (Lipinski definition) is 4. The van der Waals surface area contributed by atoms with Crippen molar-refractivity contribution in [2.24, 2.45) is 0 Å². The van der Waals surface area contributed by atoms with Crippen LogP contribution in [0.1, 0.15) is 20.9 Å². The van der Waals surface area contributed by atoms with Crippen LogP contribution in [0, 0.1) is 6.92 Å². The highest BCUT2D eigenvalue weighted by Gasteiger charge is 2.30. The highest BCUT2D eigenvalue weighted by molar-refractivity contribution is 7.08. The van der Waals surface area contributed by atoms with Gasteiger partial charge in [-0.05, 0) is 42.7 Å². The summed E-state index contributed by atoms with van der Waals surface area (Å²) in [4.78, 5) is 12.1. The molecule has 1 heterocycles. The van der Waals surface area contributed by atoms with Gasteiger partial charge in [0.15, 0.2) is 0 Å². The van der Waals surface area contributed by atoms with Gasteiger partial charge in [0.1, 0.15) is 4.88 Å². The smallest absolute Gasteiger partial charge is 0.321 e. The number of carbonyl (C=O) groups is 1. The third-order valence-electron chi connectivity index (χ3n) is 2.33. The molecule has 0 fully saturated rings. The van der Waals surface area contributed by atoms with E-state index >= 15 is 0 Å². The topological polar surface area (TPSA) is 54.9 Å². The van der Waals surface area contributed by atoms with E-state index in [2.05, 4.69) is 14.9 Å². The van der Waals surface area contributed by atoms with Crippen LogP contribution in [0.2, 0.25) is 0 Å². The van der Waals surface area contributed by atoms with Gasteiger partial charge in [-0.2, -0.15) is 13.2 Å². The SMILES string of the molecule is Cc1nnsc1C(=O)Nc1ccc(C(F)(F)F)cc1. The summed E-state index contributed by atoms with van der Waals surface area (Å²) in [6, 6.07) is 4.22. The fourth-order valence-corrected chi connectivity index (χ4v) is 1.92. The fourth-order valence-electron chi connectivity index (χ4n) is 1.37. The van der Waals surface area contributed by atoms with Gasteiger partial charge in [-0.3, -0.25) is 4.79 Å². The van der Waals surface area contributed by atoms with Gasteiger partial charge in [0, 0.05) is 5.69 Å². The molecule has 19 heavy (non-hydrogen) atoms. The standard InChI is InChI=1S/C11H8F3N3OS/c1-6-9(19-17-16-6)10(18)15-8-4-2-7(3-5-8)11(12,13)14/h2-5H,1H3,(H,15,18). The van der Waals surface area contributed by atoms with Crippen LogP contribution >= 0.6 is 11.5 Å². The molecule has 2 aromatic rings. The normalized spacial score (nSPS) is 11.4. The third-order valence-corrected chi connectivity index (χ3v) is 3.15. The minimum atomic E-state index is -4.39. The molecule has 0 aliphatic rings. The second-order valence-corrected chi connectivity index (χ2v) is 4.47. The lowest BCUT2D eigenvalue weighted by molar-refractivity contribution is -0.137. The van der Waals surface area contributed by atoms with Crippen molar-refractivity contribution >= 4 is 23.1 Å². The molecule has 1 amide bonds. The first-order valence-corrected chi connectivity index (χ1v) is 5.93. The van der Waals surface area contributed by atoms with Crippen LogP contribution in [0.4, 0.5) is 18.9 Å². The Kier molecular flexibility index (Phi) is 3.52. The Hall–Kier alpha value is -1.96. The number of halogens is 3. The van der Waals surface area contributed by atoms with E-state index in [-0.39, 0.29) is 5.69 Å². The molecule has 100 valence electrons. The lowest BCUT2D eigenvalue weighted by Crippen LogP contribution is -2.12. The average Bonchev–Trinajstić information content (AvgIpc) is 2.75. The molecule has 0 saturated heterocycles. The highest BCUT2D eigenvalue weighted by atomic mass is 32.1. The number of nitrogens with one attached hydrogen (secondary N) is 1. The van der Waals surface area contributed by atoms with Gasteiger partial charge in [0.2, 0.25) is 0 Å². The number of alkyl halides is 3. The monoisotopic (exact) mass is 287 g/mol. The maximum atomic E-state index is 12.4. The van der Waals surface area contributed by atoms with Crippen LogP contribution < -0.4 is 5.32 Å². The van der Waals surface area contributed by atoms with E-state index in [1.165, 1.54) is 12.1 Å². The van der Waals surface area contributed by atoms with Crippen LogP contribution in [0.3, 0.4) is 0 Å². The minimum absolute atomic E-state index is 0.283. The molecule has 0 bridgehead atoms. The van der Waals surface area contributed by atoms with E-state index in [1.807, 2.05) is 0 Å². The molecule has 0 radical (unpaired) electrons. The van der Waals surface area contributed by atoms with E-state index in [0.29, 0.717) is 10.6 Å². The summed E-state index contributed by atoms with van der Waals surface area (Å²) < 4.78 is 40.7. The number of nitrogens with zero attached hydrogens (tertiary/aromatic N) is 2. The Balaban J connectivity index is 2.12. The number of aryl methyl sites for hydroxylation is 1. The number of anilines is 1. The van der Waals surface area contributed by atoms with Gasteiger partial charge in [0.25, 0.3) is 5.91 Å². The highest BCUT2D eigenvalue weighted by Crippen LogP contribution is 2.29. The van der Waals surface area contributed by atoms with Gasteiger partial charge in [-0.25, -0.2) is 0 Å². The molecule has 0 aliphatic carbocycles. The van der Waals surface area contributed by atoms with Crippen molar-refractivity contribution in [2.45, 2.75) is 13.1 Å². The summed E-state index contributed by atoms with van der Waals surface area (Å²) in [5, 5.41) is 6.17. The molecular weight excluding hydrogens is 279 g/mol. The van der Waals surface area contributed by atoms with Gasteiger partial charge < -0.3 is 5.32 Å². The Morgan fingerprint density at radius 2 is 1.89 bits per heavy atom. The minimum Gasteiger partial charge on any atom is -0.321 e. The average molecular weight is 287 g/mol. The summed E-state index contributed by atoms with van der Waals surface area (Å²) in [5.74, 6) is -0.438. The summed E-state index contributed by atoms with van der Waals surface area (Å²) >= 11 is 0.931. The summed E-state index contributed by atoms with van der Waals surface area (Å²) in [5.41, 5.74) is 0.00125. The number of benzene rings is 1. The zero-order chi connectivity index (χ0) is 14.0. The van der Waals surface area contributed by atoms with Gasteiger partial charge in [-0.15, -0.1) is 5.10 Å². The van der Waals surface area contributed by atoms with Crippen LogP contribution in [0.15, 0.2) is 24.3 Å². The largest absolute Gasteiger partial charge is 0.416 e. The van der Waals surface area contributed by atoms with E-state index < -0.39 is 17.6 Å². The molecule has 8 heteroatoms. The van der Waals surface area contributed by atoms with Crippen LogP contribution in [-0.2, 0) is 6.18 Å². The fraction of sp³-hybridized carbons (Fsp3) is 0.182. The molecule has 2 rings (SSSR count). The van der Waals surface area contributed by atoms with Crippen molar-refractivity contribution in [3.05, 3.63) is 40.4 Å². The first-order valence-electron chi connectivity index (χ1n) is 5.15. The van der Waals surface area contributed by atoms with Gasteiger partial charge >= 0.3 is 6.18 Å². The van der Waals surface area contributed by atoms with Crippen molar-refractivity contribution in [3.63, 3.8) is 0 Å². The summed E-state index contributed by atoms with van der Waals surface area (Å²) in [6.07, 6.45) is -4.39. The number of hydrogen-bond donors (Lipinski definition) is 1. The first-order chi connectivity index (χ1) is 8.88. The maximum Gasteiger partial charge on any atom is 0.416 e. The predicted molar refractivity (Wildman–Crippen MR) is 64.0 cm³/mol. The van der Waals surface area contributed by atoms with Crippen LogP contribution in [0.25, 0.3) is 0 Å². The maximum absolute atomic E-state index is 12.4. The summed E-state index contributed by atoms with van der Waals surface area (Å²) in [6.45, 7) is 1.63. The molecular formula is C11H8F3N3OS. The molecule has 0 spiro atoms. The van der Waals surface area contributed by atoms with E-state index in [9.17, 15) is 18.0 Å². The third kappa shape index (κ3) is 3.08. The van der Waals surface area contributed by atoms with Crippen LogP contribution in [-0.4, -0.2) is 15.5 Å². The first kappa shape index (κ1) is 13.5. The number of rotatable bonds is 2. The Morgan fingerprint density at radius 3 is 2.37 bits per heavy atom. The van der Waals surface area contributed by atoms with Crippen molar-refractivity contribution < 1.29 is 18.0 Å². The number of carbonyl (C=O) groups excluding carboxylic acids is 1. The Labute approximate surface area is 110 Å². The molecule has 1 aromatic heterocycles. The molecule has 4 nitrogen and oxygen atoms in total. The van der Waals surface area contributed by atoms with Crippen molar-refractivity contribution in [1.29, 1.82) is 0 Å². The zero-order valence-electron chi connectivity index (χ0n) is 9.65. The lowest BCUT2D eigenvalue weighted by atomic mass is 10.2. The summed E-state index contributed by atoms with van der Waals surface area (Å²) in [7, 11) is 0. The van der Waals surface area contributed by atoms with Gasteiger partial charge in [0.05, 0.1) is 11.3 Å². The Morgan fingerprint density at radius 1 is 1.26 bits per heavy atom. The number of amides is 1. The van der Waals surface area contributed by atoms with E-state index in [4.69, 9.17) is 0 Å². The second-order valence-electron chi connectivity index (χ2n) is 3.72. The Bertz CT molecular complexity index is 592. The molecule has 1 N–H and O–H groups in total. The molecule has 0 atom stereocenters. The van der Waals surface area contributed by atoms with Gasteiger partial charge in [-0.1, -0.05) is 4.49 Å². The van der Waals surface area contributed by atoms with E-state index in [1.54, 1.807) is 6.92 Å².